The molecule has 0 aromatic heterocycles. The van der Waals surface area contributed by atoms with E-state index in [1.165, 1.54) is 12.2 Å². The number of halogens is 3. The Balaban J connectivity index is 4.43. The van der Waals surface area contributed by atoms with Gasteiger partial charge in [-0.15, -0.1) is 0 Å². The van der Waals surface area contributed by atoms with Crippen molar-refractivity contribution < 1.29 is 13.2 Å². The number of alkyl halides is 3. The lowest BCUT2D eigenvalue weighted by atomic mass is 10.2. The van der Waals surface area contributed by atoms with E-state index in [4.69, 9.17) is 0 Å². The molecule has 0 unspecified atom stereocenters. The molecule has 0 aliphatic heterocycles. The Bertz CT molecular complexity index is 226. The van der Waals surface area contributed by atoms with E-state index in [2.05, 4.69) is 13.2 Å². The molecule has 0 saturated heterocycles. The summed E-state index contributed by atoms with van der Waals surface area (Å²) in [6.07, 6.45) is 3.21. The molecule has 0 aromatic rings. The van der Waals surface area contributed by atoms with Crippen molar-refractivity contribution in [2.24, 2.45) is 0 Å². The van der Waals surface area contributed by atoms with Crippen LogP contribution < -0.4 is 0 Å². The topological polar surface area (TPSA) is 0 Å². The van der Waals surface area contributed by atoms with Gasteiger partial charge < -0.3 is 0 Å². The molecule has 0 aromatic carbocycles. The lowest BCUT2D eigenvalue weighted by Gasteiger charge is -2.06. The van der Waals surface area contributed by atoms with Gasteiger partial charge in [0.15, 0.2) is 0 Å². The van der Waals surface area contributed by atoms with Gasteiger partial charge in [0.05, 0.1) is 0 Å². The van der Waals surface area contributed by atoms with Crippen molar-refractivity contribution in [3.8, 4) is 0 Å². The third-order valence-electron chi connectivity index (χ3n) is 1.24. The Morgan fingerprint density at radius 1 is 1.46 bits per heavy atom. The van der Waals surface area contributed by atoms with Gasteiger partial charge in [-0.25, -0.2) is 0 Å². The molecule has 0 atom stereocenters. The van der Waals surface area contributed by atoms with Crippen molar-refractivity contribution in [1.82, 2.24) is 0 Å². The van der Waals surface area contributed by atoms with Crippen LogP contribution in [0.5, 0.6) is 0 Å². The van der Waals surface area contributed by atoms with Gasteiger partial charge in [-0.3, -0.25) is 0 Å². The monoisotopic (exact) mass is 208 g/mol. The highest BCUT2D eigenvalue weighted by Gasteiger charge is 2.29. The Hall–Kier alpha value is -0.640. The molecule has 0 aliphatic rings. The standard InChI is InChI=1S/C9H11F3S/c1-4-7(3)6-8(5-2)13-9(10,11)12/h5-6H,2-4H2,1H3/b8-6+. The van der Waals surface area contributed by atoms with Gasteiger partial charge in [0, 0.05) is 4.91 Å². The van der Waals surface area contributed by atoms with E-state index in [9.17, 15) is 13.2 Å². The van der Waals surface area contributed by atoms with Gasteiger partial charge >= 0.3 is 5.51 Å². The molecule has 0 nitrogen and oxygen atoms in total. The van der Waals surface area contributed by atoms with Gasteiger partial charge in [-0.1, -0.05) is 31.7 Å². The van der Waals surface area contributed by atoms with E-state index in [1.807, 2.05) is 6.92 Å². The first-order valence-corrected chi connectivity index (χ1v) is 4.48. The van der Waals surface area contributed by atoms with E-state index in [0.29, 0.717) is 12.0 Å². The normalized spacial score (nSPS) is 12.8. The summed E-state index contributed by atoms with van der Waals surface area (Å²) in [5.74, 6) is 0. The summed E-state index contributed by atoms with van der Waals surface area (Å²) in [7, 11) is 0. The summed E-state index contributed by atoms with van der Waals surface area (Å²) in [5, 5.41) is 0. The molecule has 0 saturated carbocycles. The van der Waals surface area contributed by atoms with E-state index in [1.54, 1.807) is 0 Å². The lowest BCUT2D eigenvalue weighted by Crippen LogP contribution is -1.99. The maximum atomic E-state index is 11.9. The molecule has 0 bridgehead atoms. The fourth-order valence-electron chi connectivity index (χ4n) is 0.567. The molecule has 0 N–H and O–H groups in total. The quantitative estimate of drug-likeness (QED) is 0.621. The van der Waals surface area contributed by atoms with Crippen LogP contribution in [0.4, 0.5) is 13.2 Å². The lowest BCUT2D eigenvalue weighted by molar-refractivity contribution is -0.0321. The fourth-order valence-corrected chi connectivity index (χ4v) is 1.14. The van der Waals surface area contributed by atoms with Crippen LogP contribution >= 0.6 is 11.8 Å². The van der Waals surface area contributed by atoms with Crippen LogP contribution in [0, 0.1) is 0 Å². The molecular formula is C9H11F3S. The van der Waals surface area contributed by atoms with Crippen LogP contribution in [0.2, 0.25) is 0 Å². The van der Waals surface area contributed by atoms with Crippen LogP contribution in [0.15, 0.2) is 35.8 Å². The molecule has 0 heterocycles. The van der Waals surface area contributed by atoms with Crippen LogP contribution in [0.25, 0.3) is 0 Å². The Morgan fingerprint density at radius 3 is 2.31 bits per heavy atom. The Morgan fingerprint density at radius 2 is 2.00 bits per heavy atom. The molecule has 0 fully saturated rings. The third kappa shape index (κ3) is 6.51. The van der Waals surface area contributed by atoms with Crippen molar-refractivity contribution in [1.29, 1.82) is 0 Å². The van der Waals surface area contributed by atoms with Gasteiger partial charge in [0.1, 0.15) is 0 Å². The minimum Gasteiger partial charge on any atom is -0.160 e. The third-order valence-corrected chi connectivity index (χ3v) is 1.99. The summed E-state index contributed by atoms with van der Waals surface area (Å²) in [6.45, 7) is 8.72. The molecule has 4 heteroatoms. The zero-order chi connectivity index (χ0) is 10.5. The smallest absolute Gasteiger partial charge is 0.160 e. The Kier molecular flexibility index (Phi) is 4.91. The highest BCUT2D eigenvalue weighted by Crippen LogP contribution is 2.37. The van der Waals surface area contributed by atoms with E-state index < -0.39 is 5.51 Å². The van der Waals surface area contributed by atoms with Crippen molar-refractivity contribution in [3.63, 3.8) is 0 Å². The van der Waals surface area contributed by atoms with Gasteiger partial charge in [0.2, 0.25) is 0 Å². The van der Waals surface area contributed by atoms with Crippen LogP contribution in [0.1, 0.15) is 13.3 Å². The zero-order valence-corrected chi connectivity index (χ0v) is 8.13. The average molecular weight is 208 g/mol. The minimum atomic E-state index is -4.26. The zero-order valence-electron chi connectivity index (χ0n) is 7.32. The van der Waals surface area contributed by atoms with Crippen LogP contribution in [0.3, 0.4) is 0 Å². The number of hydrogen-bond donors (Lipinski definition) is 0. The SMILES string of the molecule is C=C/C(=C\C(=C)CC)SC(F)(F)F. The predicted molar refractivity (Wildman–Crippen MR) is 51.4 cm³/mol. The maximum Gasteiger partial charge on any atom is 0.446 e. The molecule has 74 valence electrons. The molecule has 0 spiro atoms. The second-order valence-corrected chi connectivity index (χ2v) is 3.45. The number of hydrogen-bond acceptors (Lipinski definition) is 1. The summed E-state index contributed by atoms with van der Waals surface area (Å²) >= 11 is -0.172. The van der Waals surface area contributed by atoms with Crippen LogP contribution in [-0.4, -0.2) is 5.51 Å². The average Bonchev–Trinajstić information content (AvgIpc) is 2.00. The number of rotatable bonds is 4. The van der Waals surface area contributed by atoms with Crippen molar-refractivity contribution >= 4 is 11.8 Å². The van der Waals surface area contributed by atoms with Crippen molar-refractivity contribution in [2.45, 2.75) is 18.9 Å². The summed E-state index contributed by atoms with van der Waals surface area (Å²) in [4.78, 5) is 0.0827. The van der Waals surface area contributed by atoms with Crippen LogP contribution in [-0.2, 0) is 0 Å². The fraction of sp³-hybridized carbons (Fsp3) is 0.333. The number of allylic oxidation sites excluding steroid dienone is 3. The highest BCUT2D eigenvalue weighted by molar-refractivity contribution is 8.04. The summed E-state index contributed by atoms with van der Waals surface area (Å²) < 4.78 is 35.7. The van der Waals surface area contributed by atoms with E-state index in [0.717, 1.165) is 0 Å². The second kappa shape index (κ2) is 5.17. The predicted octanol–water partition coefficient (Wildman–Crippen LogP) is 4.28. The molecular weight excluding hydrogens is 197 g/mol. The second-order valence-electron chi connectivity index (χ2n) is 2.31. The summed E-state index contributed by atoms with van der Waals surface area (Å²) in [6, 6.07) is 0. The molecule has 0 amide bonds. The van der Waals surface area contributed by atoms with Gasteiger partial charge in [-0.05, 0) is 24.3 Å². The maximum absolute atomic E-state index is 11.9. The molecule has 0 rings (SSSR count). The first-order chi connectivity index (χ1) is 5.89. The first kappa shape index (κ1) is 12.4. The van der Waals surface area contributed by atoms with Crippen molar-refractivity contribution in [2.75, 3.05) is 0 Å². The molecule has 0 radical (unpaired) electrons. The minimum absolute atomic E-state index is 0.0827. The molecule has 13 heavy (non-hydrogen) atoms. The van der Waals surface area contributed by atoms with E-state index in [-0.39, 0.29) is 16.7 Å². The largest absolute Gasteiger partial charge is 0.446 e. The highest BCUT2D eigenvalue weighted by atomic mass is 32.2. The number of thioether (sulfide) groups is 1. The summed E-state index contributed by atoms with van der Waals surface area (Å²) in [5.41, 5.74) is -3.60. The van der Waals surface area contributed by atoms with Crippen molar-refractivity contribution in [3.05, 3.63) is 35.8 Å². The Labute approximate surface area is 80.2 Å². The van der Waals surface area contributed by atoms with Gasteiger partial charge in [-0.2, -0.15) is 13.2 Å². The van der Waals surface area contributed by atoms with E-state index >= 15 is 0 Å². The van der Waals surface area contributed by atoms with Gasteiger partial charge in [0.25, 0.3) is 0 Å². The molecule has 0 aliphatic carbocycles. The first-order valence-electron chi connectivity index (χ1n) is 3.66.